The number of allylic oxidation sites excluding steroid dienone is 5. The summed E-state index contributed by atoms with van der Waals surface area (Å²) in [4.78, 5) is 27.5. The lowest BCUT2D eigenvalue weighted by atomic mass is 9.76. The largest absolute Gasteiger partial charge is 0.466 e. The van der Waals surface area contributed by atoms with Crippen molar-refractivity contribution in [2.24, 2.45) is 11.3 Å². The lowest BCUT2D eigenvalue weighted by Crippen LogP contribution is -2.62. The Morgan fingerprint density at radius 1 is 0.925 bits per heavy atom. The molecule has 2 rings (SSSR count). The standard InChI is InChI=1S/C35H48O4Si/c1-8-18-30(33(36)38-10-3)25-35(24-23-28(5)6,34(37)39-11-4)27-40(26-29(7)9-2,31-19-14-12-15-20-31)32-21-16-13-17-22-32/h8-9,12-17,19-23,30H,1,10-11,18,24-27H2,2-7H3/b29-9-. The molecule has 4 nitrogen and oxygen atoms in total. The van der Waals surface area contributed by atoms with Gasteiger partial charge in [0.1, 0.15) is 8.07 Å². The molecule has 0 saturated carbocycles. The van der Waals surface area contributed by atoms with Gasteiger partial charge < -0.3 is 9.47 Å². The zero-order valence-electron chi connectivity index (χ0n) is 25.4. The molecule has 2 atom stereocenters. The van der Waals surface area contributed by atoms with Gasteiger partial charge in [0.2, 0.25) is 0 Å². The summed E-state index contributed by atoms with van der Waals surface area (Å²) in [5.41, 5.74) is 1.48. The lowest BCUT2D eigenvalue weighted by Gasteiger charge is -2.43. The van der Waals surface area contributed by atoms with Crippen LogP contribution in [0.4, 0.5) is 0 Å². The van der Waals surface area contributed by atoms with E-state index < -0.39 is 19.4 Å². The number of esters is 2. The maximum absolute atomic E-state index is 14.3. The number of carbonyl (C=O) groups excluding carboxylic acids is 2. The van der Waals surface area contributed by atoms with Crippen LogP contribution in [-0.2, 0) is 19.1 Å². The summed E-state index contributed by atoms with van der Waals surface area (Å²) in [6, 6.07) is 22.8. The van der Waals surface area contributed by atoms with Crippen molar-refractivity contribution >= 4 is 30.4 Å². The van der Waals surface area contributed by atoms with E-state index in [1.165, 1.54) is 15.9 Å². The molecule has 0 saturated heterocycles. The first-order valence-electron chi connectivity index (χ1n) is 14.5. The van der Waals surface area contributed by atoms with Gasteiger partial charge in [-0.2, -0.15) is 0 Å². The van der Waals surface area contributed by atoms with Crippen molar-refractivity contribution < 1.29 is 19.1 Å². The van der Waals surface area contributed by atoms with E-state index in [1.807, 2.05) is 39.8 Å². The maximum atomic E-state index is 14.3. The van der Waals surface area contributed by atoms with E-state index in [-0.39, 0.29) is 18.5 Å². The second-order valence-electron chi connectivity index (χ2n) is 11.0. The van der Waals surface area contributed by atoms with E-state index >= 15 is 0 Å². The smallest absolute Gasteiger partial charge is 0.312 e. The summed E-state index contributed by atoms with van der Waals surface area (Å²) >= 11 is 0. The Kier molecular flexibility index (Phi) is 13.4. The molecule has 0 fully saturated rings. The Balaban J connectivity index is 2.94. The van der Waals surface area contributed by atoms with Gasteiger partial charge in [-0.25, -0.2) is 0 Å². The summed E-state index contributed by atoms with van der Waals surface area (Å²) in [6.07, 6.45) is 7.32. The highest BCUT2D eigenvalue weighted by atomic mass is 28.3. The van der Waals surface area contributed by atoms with Gasteiger partial charge in [0.15, 0.2) is 0 Å². The third-order valence-electron chi connectivity index (χ3n) is 7.68. The first kappa shape index (κ1) is 33.0. The number of carbonyl (C=O) groups is 2. The van der Waals surface area contributed by atoms with Crippen LogP contribution in [0.3, 0.4) is 0 Å². The molecule has 0 radical (unpaired) electrons. The van der Waals surface area contributed by atoms with Crippen LogP contribution in [0.5, 0.6) is 0 Å². The van der Waals surface area contributed by atoms with Crippen LogP contribution >= 0.6 is 0 Å². The molecule has 0 bridgehead atoms. The Morgan fingerprint density at radius 3 is 1.93 bits per heavy atom. The summed E-state index contributed by atoms with van der Waals surface area (Å²) < 4.78 is 11.4. The normalized spacial score (nSPS) is 14.0. The van der Waals surface area contributed by atoms with Crippen molar-refractivity contribution in [2.75, 3.05) is 13.2 Å². The van der Waals surface area contributed by atoms with Crippen molar-refractivity contribution in [2.45, 2.75) is 72.9 Å². The third-order valence-corrected chi connectivity index (χ3v) is 13.0. The van der Waals surface area contributed by atoms with E-state index in [1.54, 1.807) is 6.08 Å². The van der Waals surface area contributed by atoms with Crippen LogP contribution < -0.4 is 10.4 Å². The minimum absolute atomic E-state index is 0.243. The molecule has 40 heavy (non-hydrogen) atoms. The first-order chi connectivity index (χ1) is 19.2. The van der Waals surface area contributed by atoms with Gasteiger partial charge in [0.05, 0.1) is 24.5 Å². The molecule has 0 aromatic heterocycles. The topological polar surface area (TPSA) is 52.6 Å². The Labute approximate surface area is 243 Å². The highest BCUT2D eigenvalue weighted by Gasteiger charge is 2.51. The van der Waals surface area contributed by atoms with Crippen LogP contribution in [0.2, 0.25) is 12.1 Å². The fourth-order valence-corrected chi connectivity index (χ4v) is 11.3. The van der Waals surface area contributed by atoms with Crippen molar-refractivity contribution in [1.82, 2.24) is 0 Å². The SMILES string of the molecule is C=CCC(CC(CC=C(C)C)(C[Si](C/C(C)=C\C)(c1ccccc1)c1ccccc1)C(=O)OCC)C(=O)OCC. The average Bonchev–Trinajstić information content (AvgIpc) is 2.96. The van der Waals surface area contributed by atoms with E-state index in [0.717, 1.165) is 11.6 Å². The molecule has 0 aliphatic carbocycles. The highest BCUT2D eigenvalue weighted by molar-refractivity contribution is 7.02. The van der Waals surface area contributed by atoms with Crippen LogP contribution in [0.15, 0.2) is 96.6 Å². The highest BCUT2D eigenvalue weighted by Crippen LogP contribution is 2.44. The van der Waals surface area contributed by atoms with Crippen molar-refractivity contribution in [3.8, 4) is 0 Å². The Morgan fingerprint density at radius 2 is 1.48 bits per heavy atom. The predicted octanol–water partition coefficient (Wildman–Crippen LogP) is 7.27. The lowest BCUT2D eigenvalue weighted by molar-refractivity contribution is -0.158. The number of ether oxygens (including phenoxy) is 2. The number of rotatable bonds is 16. The first-order valence-corrected chi connectivity index (χ1v) is 16.9. The Hall–Kier alpha value is -3.18. The van der Waals surface area contributed by atoms with Gasteiger partial charge in [0, 0.05) is 0 Å². The molecule has 5 heteroatoms. The summed E-state index contributed by atoms with van der Waals surface area (Å²) in [6.45, 7) is 16.5. The number of hydrogen-bond donors (Lipinski definition) is 0. The Bertz CT molecular complexity index is 1110. The summed E-state index contributed by atoms with van der Waals surface area (Å²) in [7, 11) is -2.65. The molecule has 2 aromatic carbocycles. The second-order valence-corrected chi connectivity index (χ2v) is 15.0. The minimum atomic E-state index is -2.65. The zero-order chi connectivity index (χ0) is 29.6. The van der Waals surface area contributed by atoms with Crippen LogP contribution in [0, 0.1) is 11.3 Å². The van der Waals surface area contributed by atoms with Crippen molar-refractivity contribution in [3.63, 3.8) is 0 Å². The van der Waals surface area contributed by atoms with Gasteiger partial charge in [-0.05, 0) is 72.9 Å². The molecular weight excluding hydrogens is 512 g/mol. The monoisotopic (exact) mass is 560 g/mol. The van der Waals surface area contributed by atoms with E-state index in [4.69, 9.17) is 9.47 Å². The molecule has 0 N–H and O–H groups in total. The summed E-state index contributed by atoms with van der Waals surface area (Å²) in [5, 5.41) is 2.54. The number of hydrogen-bond acceptors (Lipinski definition) is 4. The maximum Gasteiger partial charge on any atom is 0.312 e. The van der Waals surface area contributed by atoms with Crippen molar-refractivity contribution in [1.29, 1.82) is 0 Å². The van der Waals surface area contributed by atoms with Gasteiger partial charge >= 0.3 is 11.9 Å². The molecule has 0 heterocycles. The number of benzene rings is 2. The fourth-order valence-electron chi connectivity index (χ4n) is 5.65. The van der Waals surface area contributed by atoms with Crippen LogP contribution in [0.1, 0.15) is 60.8 Å². The van der Waals surface area contributed by atoms with E-state index in [0.29, 0.717) is 31.9 Å². The molecule has 0 amide bonds. The fraction of sp³-hybridized carbons (Fsp3) is 0.429. The third kappa shape index (κ3) is 8.66. The predicted molar refractivity (Wildman–Crippen MR) is 170 cm³/mol. The van der Waals surface area contributed by atoms with Gasteiger partial charge in [-0.3, -0.25) is 9.59 Å². The molecule has 0 spiro atoms. The molecule has 0 aliphatic rings. The molecule has 2 unspecified atom stereocenters. The average molecular weight is 561 g/mol. The quantitative estimate of drug-likeness (QED) is 0.123. The van der Waals surface area contributed by atoms with E-state index in [9.17, 15) is 9.59 Å². The molecular formula is C35H48O4Si. The van der Waals surface area contributed by atoms with Gasteiger partial charge in [0.25, 0.3) is 0 Å². The second kappa shape index (κ2) is 16.2. The molecule has 216 valence electrons. The van der Waals surface area contributed by atoms with E-state index in [2.05, 4.69) is 81.1 Å². The zero-order valence-corrected chi connectivity index (χ0v) is 26.4. The van der Waals surface area contributed by atoms with Gasteiger partial charge in [-0.1, -0.05) is 100 Å². The molecule has 0 aliphatic heterocycles. The van der Waals surface area contributed by atoms with Crippen LogP contribution in [0.25, 0.3) is 0 Å². The summed E-state index contributed by atoms with van der Waals surface area (Å²) in [5.74, 6) is -1.02. The minimum Gasteiger partial charge on any atom is -0.466 e. The van der Waals surface area contributed by atoms with Crippen LogP contribution in [-0.4, -0.2) is 33.2 Å². The molecule has 2 aromatic rings. The van der Waals surface area contributed by atoms with Crippen molar-refractivity contribution in [3.05, 3.63) is 96.6 Å². The van der Waals surface area contributed by atoms with Gasteiger partial charge in [-0.15, -0.1) is 6.58 Å².